The molecule has 4 atom stereocenters. The lowest BCUT2D eigenvalue weighted by Gasteiger charge is -2.39. The van der Waals surface area contributed by atoms with Gasteiger partial charge in [-0.2, -0.15) is 26.3 Å². The van der Waals surface area contributed by atoms with Crippen LogP contribution in [0.3, 0.4) is 0 Å². The summed E-state index contributed by atoms with van der Waals surface area (Å²) in [5.41, 5.74) is -3.49. The minimum atomic E-state index is -4.90. The van der Waals surface area contributed by atoms with Crippen LogP contribution >= 0.6 is 0 Å². The first kappa shape index (κ1) is 25.8. The summed E-state index contributed by atoms with van der Waals surface area (Å²) in [5.74, 6) is 0.182. The second-order valence-corrected chi connectivity index (χ2v) is 9.74. The summed E-state index contributed by atoms with van der Waals surface area (Å²) in [4.78, 5) is 12.7. The number of benzene rings is 1. The van der Waals surface area contributed by atoms with Gasteiger partial charge in [0.25, 0.3) is 0 Å². The predicted molar refractivity (Wildman–Crippen MR) is 110 cm³/mol. The number of piperidine rings is 1. The molecule has 2 N–H and O–H groups in total. The number of fused-ring (bicyclic) bond motifs is 2. The molecular weight excluding hydrogens is 450 g/mol. The molecule has 0 aromatic heterocycles. The van der Waals surface area contributed by atoms with Gasteiger partial charge in [0.2, 0.25) is 5.91 Å². The molecule has 0 saturated carbocycles. The minimum Gasteiger partial charge on any atom is -0.372 e. The lowest BCUT2D eigenvalue weighted by Crippen LogP contribution is -2.55. The molecule has 33 heavy (non-hydrogen) atoms. The Morgan fingerprint density at radius 1 is 1.12 bits per heavy atom. The van der Waals surface area contributed by atoms with Crippen LogP contribution in [-0.4, -0.2) is 30.1 Å². The van der Waals surface area contributed by atoms with E-state index in [1.807, 2.05) is 6.92 Å². The molecule has 186 valence electrons. The van der Waals surface area contributed by atoms with Crippen molar-refractivity contribution < 1.29 is 35.9 Å². The Balaban J connectivity index is 1.68. The molecule has 0 aliphatic carbocycles. The summed E-state index contributed by atoms with van der Waals surface area (Å²) in [6.07, 6.45) is -7.67. The Morgan fingerprint density at radius 3 is 2.27 bits per heavy atom. The van der Waals surface area contributed by atoms with Crippen molar-refractivity contribution in [2.75, 3.05) is 6.54 Å². The van der Waals surface area contributed by atoms with Crippen molar-refractivity contribution in [2.45, 2.75) is 83.1 Å². The Morgan fingerprint density at radius 2 is 1.73 bits per heavy atom. The Bertz CT molecular complexity index is 822. The third kappa shape index (κ3) is 6.20. The van der Waals surface area contributed by atoms with Crippen LogP contribution in [0.4, 0.5) is 26.3 Å². The number of carbonyl (C=O) groups is 1. The number of nitrogens with one attached hydrogen (secondary N) is 2. The van der Waals surface area contributed by atoms with Crippen LogP contribution in [-0.2, 0) is 28.5 Å². The van der Waals surface area contributed by atoms with Gasteiger partial charge in [-0.1, -0.05) is 13.8 Å². The average molecular weight is 480 g/mol. The molecule has 2 saturated heterocycles. The average Bonchev–Trinajstić information content (AvgIpc) is 2.97. The number of hydrogen-bond acceptors (Lipinski definition) is 3. The molecule has 2 aliphatic rings. The zero-order valence-corrected chi connectivity index (χ0v) is 18.9. The van der Waals surface area contributed by atoms with Gasteiger partial charge in [-0.3, -0.25) is 4.79 Å². The normalized spacial score (nSPS) is 27.8. The summed E-state index contributed by atoms with van der Waals surface area (Å²) in [6.45, 7) is 6.24. The first-order chi connectivity index (χ1) is 15.2. The molecule has 1 amide bonds. The molecule has 10 heteroatoms. The minimum absolute atomic E-state index is 0.0284. The molecule has 1 aromatic rings. The summed E-state index contributed by atoms with van der Waals surface area (Å²) < 4.78 is 84.5. The summed E-state index contributed by atoms with van der Waals surface area (Å²) in [6, 6.07) is 1.46. The third-order valence-electron chi connectivity index (χ3n) is 6.55. The highest BCUT2D eigenvalue weighted by molar-refractivity contribution is 5.80. The monoisotopic (exact) mass is 480 g/mol. The molecule has 2 aliphatic heterocycles. The van der Waals surface area contributed by atoms with Gasteiger partial charge < -0.3 is 15.4 Å². The molecule has 0 spiro atoms. The molecule has 2 heterocycles. The number of halogens is 6. The van der Waals surface area contributed by atoms with Crippen LogP contribution in [0, 0.1) is 11.8 Å². The number of ether oxygens (including phenoxy) is 1. The standard InChI is InChI=1S/C23H30F6N2O2/c1-13(2)6-7-30-20(32)17-11-21(3)19(5-4-18(17)31-21)33-12-14-8-15(22(24,25)26)10-16(9-14)23(27,28)29/h8-10,13,17-19,31H,4-7,11-12H2,1-3H3,(H,30,32). The van der Waals surface area contributed by atoms with Crippen LogP contribution in [0.2, 0.25) is 0 Å². The van der Waals surface area contributed by atoms with Gasteiger partial charge in [0.15, 0.2) is 0 Å². The summed E-state index contributed by atoms with van der Waals surface area (Å²) in [7, 11) is 0. The maximum Gasteiger partial charge on any atom is 0.416 e. The van der Waals surface area contributed by atoms with Crippen molar-refractivity contribution in [3.8, 4) is 0 Å². The van der Waals surface area contributed by atoms with E-state index in [-0.39, 0.29) is 36.1 Å². The van der Waals surface area contributed by atoms with Gasteiger partial charge in [-0.25, -0.2) is 0 Å². The highest BCUT2D eigenvalue weighted by Crippen LogP contribution is 2.42. The highest BCUT2D eigenvalue weighted by Gasteiger charge is 2.52. The fraction of sp³-hybridized carbons (Fsp3) is 0.696. The van der Waals surface area contributed by atoms with Crippen LogP contribution in [0.25, 0.3) is 0 Å². The van der Waals surface area contributed by atoms with E-state index in [1.54, 1.807) is 0 Å². The Kier molecular flexibility index (Phi) is 7.39. The van der Waals surface area contributed by atoms with E-state index in [1.165, 1.54) is 0 Å². The van der Waals surface area contributed by atoms with Gasteiger partial charge in [0, 0.05) is 18.1 Å². The number of rotatable bonds is 7. The van der Waals surface area contributed by atoms with E-state index in [2.05, 4.69) is 24.5 Å². The van der Waals surface area contributed by atoms with Crippen molar-refractivity contribution >= 4 is 5.91 Å². The van der Waals surface area contributed by atoms with E-state index in [0.29, 0.717) is 43.9 Å². The van der Waals surface area contributed by atoms with Gasteiger partial charge >= 0.3 is 12.4 Å². The van der Waals surface area contributed by atoms with E-state index in [9.17, 15) is 31.1 Å². The quantitative estimate of drug-likeness (QED) is 0.521. The van der Waals surface area contributed by atoms with Crippen molar-refractivity contribution in [1.82, 2.24) is 10.6 Å². The fourth-order valence-electron chi connectivity index (χ4n) is 4.79. The number of alkyl halides is 6. The second kappa shape index (κ2) is 9.44. The second-order valence-electron chi connectivity index (χ2n) is 9.74. The lowest BCUT2D eigenvalue weighted by molar-refractivity contribution is -0.143. The molecule has 2 bridgehead atoms. The van der Waals surface area contributed by atoms with Crippen LogP contribution < -0.4 is 10.6 Å². The van der Waals surface area contributed by atoms with Gasteiger partial charge in [-0.05, 0) is 62.3 Å². The third-order valence-corrected chi connectivity index (χ3v) is 6.55. The maximum atomic E-state index is 13.1. The summed E-state index contributed by atoms with van der Waals surface area (Å²) in [5, 5.41) is 6.38. The van der Waals surface area contributed by atoms with Crippen molar-refractivity contribution in [3.05, 3.63) is 34.9 Å². The van der Waals surface area contributed by atoms with Crippen molar-refractivity contribution in [2.24, 2.45) is 11.8 Å². The number of hydrogen-bond donors (Lipinski definition) is 2. The first-order valence-electron chi connectivity index (χ1n) is 11.1. The van der Waals surface area contributed by atoms with E-state index < -0.39 is 35.1 Å². The molecule has 4 unspecified atom stereocenters. The lowest BCUT2D eigenvalue weighted by atomic mass is 9.88. The fourth-order valence-corrected chi connectivity index (χ4v) is 4.79. The van der Waals surface area contributed by atoms with Crippen LogP contribution in [0.1, 0.15) is 63.1 Å². The Labute approximate surface area is 189 Å². The van der Waals surface area contributed by atoms with E-state index >= 15 is 0 Å². The van der Waals surface area contributed by atoms with Crippen LogP contribution in [0.15, 0.2) is 18.2 Å². The van der Waals surface area contributed by atoms with E-state index in [0.717, 1.165) is 6.42 Å². The molecule has 2 fully saturated rings. The van der Waals surface area contributed by atoms with Gasteiger partial charge in [0.1, 0.15) is 0 Å². The SMILES string of the molecule is CC(C)CCNC(=O)C1CC2(C)NC1CCC2OCc1cc(C(F)(F)F)cc(C(F)(F)F)c1. The molecular formula is C23H30F6N2O2. The predicted octanol–water partition coefficient (Wildman–Crippen LogP) is 5.30. The number of amides is 1. The van der Waals surface area contributed by atoms with E-state index in [4.69, 9.17) is 4.74 Å². The Hall–Kier alpha value is -1.81. The maximum absolute atomic E-state index is 13.1. The molecule has 1 aromatic carbocycles. The van der Waals surface area contributed by atoms with Crippen molar-refractivity contribution in [1.29, 1.82) is 0 Å². The first-order valence-corrected chi connectivity index (χ1v) is 11.1. The zero-order chi connectivity index (χ0) is 24.6. The smallest absolute Gasteiger partial charge is 0.372 e. The van der Waals surface area contributed by atoms with Crippen LogP contribution in [0.5, 0.6) is 0 Å². The molecule has 3 rings (SSSR count). The molecule has 4 nitrogen and oxygen atoms in total. The largest absolute Gasteiger partial charge is 0.416 e. The highest BCUT2D eigenvalue weighted by atomic mass is 19.4. The molecule has 0 radical (unpaired) electrons. The summed E-state index contributed by atoms with van der Waals surface area (Å²) >= 11 is 0. The zero-order valence-electron chi connectivity index (χ0n) is 18.9. The number of carbonyl (C=O) groups excluding carboxylic acids is 1. The van der Waals surface area contributed by atoms with Crippen molar-refractivity contribution in [3.63, 3.8) is 0 Å². The topological polar surface area (TPSA) is 50.4 Å². The van der Waals surface area contributed by atoms with Gasteiger partial charge in [-0.15, -0.1) is 0 Å². The van der Waals surface area contributed by atoms with Gasteiger partial charge in [0.05, 0.1) is 29.8 Å².